The van der Waals surface area contributed by atoms with Crippen molar-refractivity contribution in [2.24, 2.45) is 0 Å². The number of hydrogen-bond acceptors (Lipinski definition) is 2. The highest BCUT2D eigenvalue weighted by Gasteiger charge is 2.10. The Morgan fingerprint density at radius 1 is 1.05 bits per heavy atom. The van der Waals surface area contributed by atoms with Crippen molar-refractivity contribution in [2.75, 3.05) is 6.61 Å². The molecule has 1 N–H and O–H groups in total. The largest absolute Gasteiger partial charge is 0.493 e. The second-order valence-electron chi connectivity index (χ2n) is 4.54. The quantitative estimate of drug-likeness (QED) is 0.878. The molecular weight excluding hydrogens is 262 g/mol. The summed E-state index contributed by atoms with van der Waals surface area (Å²) in [5.41, 5.74) is 0.178. The molecule has 0 aromatic heterocycles. The summed E-state index contributed by atoms with van der Waals surface area (Å²) in [4.78, 5) is 0. The maximum absolute atomic E-state index is 13.4. The van der Waals surface area contributed by atoms with E-state index in [9.17, 15) is 13.9 Å². The zero-order chi connectivity index (χ0) is 14.4. The van der Waals surface area contributed by atoms with Crippen LogP contribution in [0.1, 0.15) is 12.0 Å². The summed E-state index contributed by atoms with van der Waals surface area (Å²) in [5.74, 6) is -0.291. The van der Waals surface area contributed by atoms with Crippen molar-refractivity contribution < 1.29 is 18.6 Å². The first kappa shape index (κ1) is 14.5. The van der Waals surface area contributed by atoms with Gasteiger partial charge in [-0.15, -0.1) is 0 Å². The predicted molar refractivity (Wildman–Crippen MR) is 72.6 cm³/mol. The van der Waals surface area contributed by atoms with Crippen LogP contribution in [0.3, 0.4) is 0 Å². The molecule has 0 bridgehead atoms. The average Bonchev–Trinajstić information content (AvgIpc) is 2.44. The van der Waals surface area contributed by atoms with Crippen LogP contribution < -0.4 is 4.74 Å². The van der Waals surface area contributed by atoms with Crippen LogP contribution in [-0.2, 0) is 6.42 Å². The molecule has 2 aromatic carbocycles. The average molecular weight is 278 g/mol. The van der Waals surface area contributed by atoms with Gasteiger partial charge in [0.05, 0.1) is 12.7 Å². The maximum atomic E-state index is 13.4. The molecule has 0 fully saturated rings. The molecule has 0 heterocycles. The molecule has 0 amide bonds. The summed E-state index contributed by atoms with van der Waals surface area (Å²) >= 11 is 0. The van der Waals surface area contributed by atoms with Gasteiger partial charge in [-0.05, 0) is 35.9 Å². The lowest BCUT2D eigenvalue weighted by molar-refractivity contribution is 0.138. The molecule has 0 aliphatic heterocycles. The molecule has 20 heavy (non-hydrogen) atoms. The lowest BCUT2D eigenvalue weighted by Crippen LogP contribution is -2.15. The minimum Gasteiger partial charge on any atom is -0.493 e. The number of para-hydroxylation sites is 1. The van der Waals surface area contributed by atoms with Gasteiger partial charge in [-0.2, -0.15) is 0 Å². The molecule has 2 rings (SSSR count). The predicted octanol–water partition coefficient (Wildman–Crippen LogP) is 3.34. The fourth-order valence-corrected chi connectivity index (χ4v) is 1.89. The number of aliphatic hydroxyl groups is 1. The Labute approximate surface area is 116 Å². The van der Waals surface area contributed by atoms with E-state index in [1.165, 1.54) is 0 Å². The maximum Gasteiger partial charge on any atom is 0.126 e. The second-order valence-corrected chi connectivity index (χ2v) is 4.54. The number of hydrogen-bond donors (Lipinski definition) is 1. The van der Waals surface area contributed by atoms with Crippen LogP contribution in [0.15, 0.2) is 48.5 Å². The first-order chi connectivity index (χ1) is 9.65. The Morgan fingerprint density at radius 3 is 2.55 bits per heavy atom. The van der Waals surface area contributed by atoms with Crippen LogP contribution in [0.25, 0.3) is 0 Å². The van der Waals surface area contributed by atoms with Crippen LogP contribution in [0.5, 0.6) is 5.75 Å². The highest BCUT2D eigenvalue weighted by atomic mass is 19.1. The highest BCUT2D eigenvalue weighted by molar-refractivity contribution is 5.21. The Bertz CT molecular complexity index is 543. The highest BCUT2D eigenvalue weighted by Crippen LogP contribution is 2.14. The van der Waals surface area contributed by atoms with Crippen molar-refractivity contribution in [3.8, 4) is 5.75 Å². The summed E-state index contributed by atoms with van der Waals surface area (Å²) < 4.78 is 31.8. The molecule has 2 aromatic rings. The summed E-state index contributed by atoms with van der Waals surface area (Å²) in [5, 5.41) is 9.83. The number of aliphatic hydroxyl groups excluding tert-OH is 1. The van der Waals surface area contributed by atoms with Crippen LogP contribution >= 0.6 is 0 Å². The first-order valence-electron chi connectivity index (χ1n) is 6.45. The second kappa shape index (κ2) is 7.01. The van der Waals surface area contributed by atoms with Crippen molar-refractivity contribution >= 4 is 0 Å². The van der Waals surface area contributed by atoms with Gasteiger partial charge in [-0.25, -0.2) is 8.78 Å². The molecule has 1 unspecified atom stereocenters. The van der Waals surface area contributed by atoms with Gasteiger partial charge in [0.15, 0.2) is 0 Å². The van der Waals surface area contributed by atoms with Gasteiger partial charge in [0.1, 0.15) is 17.4 Å². The molecule has 0 saturated heterocycles. The third-order valence-corrected chi connectivity index (χ3v) is 2.93. The zero-order valence-electron chi connectivity index (χ0n) is 10.9. The van der Waals surface area contributed by atoms with E-state index in [-0.39, 0.29) is 12.0 Å². The van der Waals surface area contributed by atoms with E-state index in [1.54, 1.807) is 0 Å². The van der Waals surface area contributed by atoms with E-state index >= 15 is 0 Å². The van der Waals surface area contributed by atoms with Gasteiger partial charge in [0.25, 0.3) is 0 Å². The number of rotatable bonds is 6. The molecule has 106 valence electrons. The molecule has 0 radical (unpaired) electrons. The molecule has 0 spiro atoms. The van der Waals surface area contributed by atoms with E-state index in [0.29, 0.717) is 13.0 Å². The van der Waals surface area contributed by atoms with Gasteiger partial charge < -0.3 is 9.84 Å². The van der Waals surface area contributed by atoms with Crippen molar-refractivity contribution in [3.05, 3.63) is 65.7 Å². The molecule has 1 atom stereocenters. The van der Waals surface area contributed by atoms with Gasteiger partial charge in [-0.1, -0.05) is 18.2 Å². The fourth-order valence-electron chi connectivity index (χ4n) is 1.89. The smallest absolute Gasteiger partial charge is 0.126 e. The third kappa shape index (κ3) is 4.31. The SMILES string of the molecule is OC(CCOc1ccccc1)Cc1cc(F)ccc1F. The van der Waals surface area contributed by atoms with Crippen molar-refractivity contribution in [1.29, 1.82) is 0 Å². The van der Waals surface area contributed by atoms with Gasteiger partial charge >= 0.3 is 0 Å². The normalized spacial score (nSPS) is 12.2. The molecular formula is C16H16F2O2. The Hall–Kier alpha value is -1.94. The Kier molecular flexibility index (Phi) is 5.07. The lowest BCUT2D eigenvalue weighted by atomic mass is 10.1. The molecule has 0 aliphatic rings. The Morgan fingerprint density at radius 2 is 1.80 bits per heavy atom. The summed E-state index contributed by atoms with van der Waals surface area (Å²) in [6, 6.07) is 12.5. The van der Waals surface area contributed by atoms with Gasteiger partial charge in [0, 0.05) is 12.8 Å². The first-order valence-corrected chi connectivity index (χ1v) is 6.45. The standard InChI is InChI=1S/C16H16F2O2/c17-13-6-7-16(18)12(10-13)11-14(19)8-9-20-15-4-2-1-3-5-15/h1-7,10,14,19H,8-9,11H2. The number of halogens is 2. The van der Waals surface area contributed by atoms with E-state index in [1.807, 2.05) is 30.3 Å². The van der Waals surface area contributed by atoms with E-state index in [4.69, 9.17) is 4.74 Å². The van der Waals surface area contributed by atoms with Crippen LogP contribution in [0.4, 0.5) is 8.78 Å². The number of benzene rings is 2. The molecule has 0 aliphatic carbocycles. The minimum atomic E-state index is -0.769. The van der Waals surface area contributed by atoms with E-state index in [0.717, 1.165) is 23.9 Å². The number of ether oxygens (including phenoxy) is 1. The van der Waals surface area contributed by atoms with Gasteiger partial charge in [-0.3, -0.25) is 0 Å². The van der Waals surface area contributed by atoms with Crippen molar-refractivity contribution in [1.82, 2.24) is 0 Å². The fraction of sp³-hybridized carbons (Fsp3) is 0.250. The van der Waals surface area contributed by atoms with Crippen molar-refractivity contribution in [3.63, 3.8) is 0 Å². The van der Waals surface area contributed by atoms with Crippen molar-refractivity contribution in [2.45, 2.75) is 18.9 Å². The van der Waals surface area contributed by atoms with Crippen LogP contribution in [-0.4, -0.2) is 17.8 Å². The zero-order valence-corrected chi connectivity index (χ0v) is 10.9. The Balaban J connectivity index is 1.80. The summed E-state index contributed by atoms with van der Waals surface area (Å²) in [7, 11) is 0. The van der Waals surface area contributed by atoms with E-state index < -0.39 is 17.7 Å². The third-order valence-electron chi connectivity index (χ3n) is 2.93. The minimum absolute atomic E-state index is 0.0712. The van der Waals surface area contributed by atoms with E-state index in [2.05, 4.69) is 0 Å². The molecule has 0 saturated carbocycles. The summed E-state index contributed by atoms with van der Waals surface area (Å²) in [6.07, 6.45) is -0.345. The molecule has 2 nitrogen and oxygen atoms in total. The van der Waals surface area contributed by atoms with Gasteiger partial charge in [0.2, 0.25) is 0 Å². The monoisotopic (exact) mass is 278 g/mol. The topological polar surface area (TPSA) is 29.5 Å². The lowest BCUT2D eigenvalue weighted by Gasteiger charge is -2.12. The van der Waals surface area contributed by atoms with Crippen LogP contribution in [0, 0.1) is 11.6 Å². The molecule has 4 heteroatoms. The summed E-state index contributed by atoms with van der Waals surface area (Å²) in [6.45, 7) is 0.322. The van der Waals surface area contributed by atoms with Crippen LogP contribution in [0.2, 0.25) is 0 Å².